The van der Waals surface area contributed by atoms with Gasteiger partial charge in [-0.1, -0.05) is 11.6 Å². The lowest BCUT2D eigenvalue weighted by molar-refractivity contribution is 0.177. The van der Waals surface area contributed by atoms with E-state index in [1.807, 2.05) is 11.8 Å². The van der Waals surface area contributed by atoms with Crippen molar-refractivity contribution in [1.29, 1.82) is 0 Å². The summed E-state index contributed by atoms with van der Waals surface area (Å²) < 4.78 is 0. The van der Waals surface area contributed by atoms with Gasteiger partial charge >= 0.3 is 6.03 Å². The molecule has 0 bridgehead atoms. The molecule has 1 unspecified atom stereocenters. The number of hydrogen-bond acceptors (Lipinski definition) is 2. The molecule has 1 aliphatic heterocycles. The first-order valence-electron chi connectivity index (χ1n) is 5.71. The maximum absolute atomic E-state index is 12.0. The minimum Gasteiger partial charge on any atom is -0.319 e. The first-order chi connectivity index (χ1) is 8.16. The third kappa shape index (κ3) is 3.11. The van der Waals surface area contributed by atoms with Crippen LogP contribution in [-0.2, 0) is 0 Å². The second-order valence-electron chi connectivity index (χ2n) is 4.18. The average molecular weight is 254 g/mol. The summed E-state index contributed by atoms with van der Waals surface area (Å²) in [6.07, 6.45) is 0. The Labute approximate surface area is 106 Å². The Morgan fingerprint density at radius 3 is 2.82 bits per heavy atom. The van der Waals surface area contributed by atoms with Crippen molar-refractivity contribution in [3.8, 4) is 0 Å². The van der Waals surface area contributed by atoms with E-state index in [1.54, 1.807) is 24.3 Å². The molecule has 92 valence electrons. The molecule has 0 aliphatic carbocycles. The van der Waals surface area contributed by atoms with Crippen LogP contribution in [0.2, 0.25) is 5.02 Å². The Hall–Kier alpha value is -1.26. The van der Waals surface area contributed by atoms with Crippen LogP contribution < -0.4 is 10.6 Å². The Kier molecular flexibility index (Phi) is 3.86. The molecule has 1 saturated heterocycles. The molecule has 2 N–H and O–H groups in total. The predicted molar refractivity (Wildman–Crippen MR) is 69.5 cm³/mol. The normalized spacial score (nSPS) is 20.1. The quantitative estimate of drug-likeness (QED) is 0.806. The lowest BCUT2D eigenvalue weighted by Crippen LogP contribution is -2.53. The Balaban J connectivity index is 1.98. The molecule has 1 heterocycles. The summed E-state index contributed by atoms with van der Waals surface area (Å²) in [5.41, 5.74) is 0.769. The molecule has 0 saturated carbocycles. The van der Waals surface area contributed by atoms with Gasteiger partial charge in [-0.05, 0) is 31.2 Å². The number of nitrogens with zero attached hydrogens (tertiary/aromatic N) is 1. The van der Waals surface area contributed by atoms with Crippen LogP contribution in [0.3, 0.4) is 0 Å². The van der Waals surface area contributed by atoms with E-state index in [-0.39, 0.29) is 12.1 Å². The number of carbonyl (C=O) groups excluding carboxylic acids is 1. The maximum Gasteiger partial charge on any atom is 0.322 e. The summed E-state index contributed by atoms with van der Waals surface area (Å²) in [6.45, 7) is 4.46. The van der Waals surface area contributed by atoms with Crippen molar-refractivity contribution in [3.05, 3.63) is 29.3 Å². The minimum atomic E-state index is -0.0543. The molecular weight excluding hydrogens is 238 g/mol. The van der Waals surface area contributed by atoms with Crippen LogP contribution in [0.1, 0.15) is 6.92 Å². The highest BCUT2D eigenvalue weighted by molar-refractivity contribution is 6.30. The summed E-state index contributed by atoms with van der Waals surface area (Å²) in [7, 11) is 0. The van der Waals surface area contributed by atoms with Crippen molar-refractivity contribution < 1.29 is 4.79 Å². The molecule has 1 aliphatic rings. The Bertz CT molecular complexity index is 393. The van der Waals surface area contributed by atoms with Gasteiger partial charge in [0.1, 0.15) is 0 Å². The van der Waals surface area contributed by atoms with Crippen LogP contribution in [0.5, 0.6) is 0 Å². The van der Waals surface area contributed by atoms with Gasteiger partial charge in [0.25, 0.3) is 0 Å². The van der Waals surface area contributed by atoms with Crippen LogP contribution in [0, 0.1) is 0 Å². The molecule has 2 amide bonds. The number of carbonyl (C=O) groups is 1. The summed E-state index contributed by atoms with van der Waals surface area (Å²) in [5.74, 6) is 0. The molecule has 4 nitrogen and oxygen atoms in total. The summed E-state index contributed by atoms with van der Waals surface area (Å²) >= 11 is 5.79. The highest BCUT2D eigenvalue weighted by atomic mass is 35.5. The molecule has 17 heavy (non-hydrogen) atoms. The summed E-state index contributed by atoms with van der Waals surface area (Å²) in [4.78, 5) is 13.9. The molecule has 1 fully saturated rings. The van der Waals surface area contributed by atoms with Gasteiger partial charge in [-0.25, -0.2) is 4.79 Å². The van der Waals surface area contributed by atoms with Gasteiger partial charge in [-0.3, -0.25) is 0 Å². The van der Waals surface area contributed by atoms with Gasteiger partial charge in [-0.2, -0.15) is 0 Å². The number of urea groups is 1. The van der Waals surface area contributed by atoms with E-state index in [9.17, 15) is 4.79 Å². The number of rotatable bonds is 1. The standard InChI is InChI=1S/C12H16ClN3O/c1-9-8-14-6-7-16(9)12(17)15-11-4-2-10(13)3-5-11/h2-5,9,14H,6-8H2,1H3,(H,15,17). The van der Waals surface area contributed by atoms with E-state index in [0.717, 1.165) is 25.3 Å². The SMILES string of the molecule is CC1CNCCN1C(=O)Nc1ccc(Cl)cc1. The number of halogens is 1. The van der Waals surface area contributed by atoms with Crippen LogP contribution in [0.4, 0.5) is 10.5 Å². The fraction of sp³-hybridized carbons (Fsp3) is 0.417. The first kappa shape index (κ1) is 12.2. The highest BCUT2D eigenvalue weighted by Crippen LogP contribution is 2.14. The predicted octanol–water partition coefficient (Wildman–Crippen LogP) is 2.17. The first-order valence-corrected chi connectivity index (χ1v) is 6.08. The molecule has 2 rings (SSSR count). The second kappa shape index (κ2) is 5.38. The van der Waals surface area contributed by atoms with Crippen molar-refractivity contribution in [1.82, 2.24) is 10.2 Å². The fourth-order valence-corrected chi connectivity index (χ4v) is 2.00. The van der Waals surface area contributed by atoms with Crippen molar-refractivity contribution in [2.24, 2.45) is 0 Å². The highest BCUT2D eigenvalue weighted by Gasteiger charge is 2.22. The maximum atomic E-state index is 12.0. The third-order valence-electron chi connectivity index (χ3n) is 2.86. The van der Waals surface area contributed by atoms with Crippen molar-refractivity contribution in [2.45, 2.75) is 13.0 Å². The molecular formula is C12H16ClN3O. The van der Waals surface area contributed by atoms with Gasteiger partial charge in [0.05, 0.1) is 0 Å². The summed E-state index contributed by atoms with van der Waals surface area (Å²) in [5, 5.41) is 6.79. The minimum absolute atomic E-state index is 0.0543. The zero-order valence-corrected chi connectivity index (χ0v) is 10.5. The second-order valence-corrected chi connectivity index (χ2v) is 4.62. The number of hydrogen-bond donors (Lipinski definition) is 2. The summed E-state index contributed by atoms with van der Waals surface area (Å²) in [6, 6.07) is 7.29. The van der Waals surface area contributed by atoms with Gasteiger partial charge in [-0.15, -0.1) is 0 Å². The number of nitrogens with one attached hydrogen (secondary N) is 2. The smallest absolute Gasteiger partial charge is 0.319 e. The molecule has 1 aromatic rings. The number of benzene rings is 1. The van der Waals surface area contributed by atoms with E-state index in [2.05, 4.69) is 10.6 Å². The van der Waals surface area contributed by atoms with E-state index in [0.29, 0.717) is 5.02 Å². The number of piperazine rings is 1. The van der Waals surface area contributed by atoms with Crippen LogP contribution in [-0.4, -0.2) is 36.6 Å². The van der Waals surface area contributed by atoms with Gasteiger partial charge in [0.2, 0.25) is 0 Å². The molecule has 0 spiro atoms. The fourth-order valence-electron chi connectivity index (χ4n) is 1.87. The van der Waals surface area contributed by atoms with E-state index in [4.69, 9.17) is 11.6 Å². The average Bonchev–Trinajstić information content (AvgIpc) is 2.32. The Morgan fingerprint density at radius 2 is 2.18 bits per heavy atom. The van der Waals surface area contributed by atoms with E-state index in [1.165, 1.54) is 0 Å². The Morgan fingerprint density at radius 1 is 1.47 bits per heavy atom. The van der Waals surface area contributed by atoms with Gasteiger partial charge < -0.3 is 15.5 Å². The lowest BCUT2D eigenvalue weighted by Gasteiger charge is -2.33. The van der Waals surface area contributed by atoms with E-state index < -0.39 is 0 Å². The molecule has 0 aromatic heterocycles. The van der Waals surface area contributed by atoms with E-state index >= 15 is 0 Å². The monoisotopic (exact) mass is 253 g/mol. The zero-order chi connectivity index (χ0) is 12.3. The topological polar surface area (TPSA) is 44.4 Å². The zero-order valence-electron chi connectivity index (χ0n) is 9.74. The van der Waals surface area contributed by atoms with Crippen LogP contribution >= 0.6 is 11.6 Å². The molecule has 1 atom stereocenters. The van der Waals surface area contributed by atoms with Crippen molar-refractivity contribution in [2.75, 3.05) is 25.0 Å². The van der Waals surface area contributed by atoms with Crippen LogP contribution in [0.25, 0.3) is 0 Å². The van der Waals surface area contributed by atoms with Crippen LogP contribution in [0.15, 0.2) is 24.3 Å². The third-order valence-corrected chi connectivity index (χ3v) is 3.11. The largest absolute Gasteiger partial charge is 0.322 e. The molecule has 5 heteroatoms. The van der Waals surface area contributed by atoms with Gasteiger partial charge in [0, 0.05) is 36.4 Å². The lowest BCUT2D eigenvalue weighted by atomic mass is 10.2. The molecule has 1 aromatic carbocycles. The van der Waals surface area contributed by atoms with Gasteiger partial charge in [0.15, 0.2) is 0 Å². The molecule has 0 radical (unpaired) electrons. The number of anilines is 1. The van der Waals surface area contributed by atoms with Crippen molar-refractivity contribution in [3.63, 3.8) is 0 Å². The number of amides is 2. The van der Waals surface area contributed by atoms with Crippen molar-refractivity contribution >= 4 is 23.3 Å².